The highest BCUT2D eigenvalue weighted by molar-refractivity contribution is 5.95. The van der Waals surface area contributed by atoms with Gasteiger partial charge in [-0.1, -0.05) is 32.4 Å². The molecule has 1 aliphatic heterocycles. The zero-order chi connectivity index (χ0) is 14.7. The number of anilines is 1. The Labute approximate surface area is 122 Å². The number of aryl methyl sites for hydroxylation is 1. The lowest BCUT2D eigenvalue weighted by Crippen LogP contribution is -2.31. The van der Waals surface area contributed by atoms with E-state index < -0.39 is 0 Å². The summed E-state index contributed by atoms with van der Waals surface area (Å²) >= 11 is 0. The molecule has 1 amide bonds. The number of amides is 1. The van der Waals surface area contributed by atoms with E-state index in [1.54, 1.807) is 4.90 Å². The number of hydrogen-bond acceptors (Lipinski definition) is 2. The van der Waals surface area contributed by atoms with Crippen molar-refractivity contribution in [3.63, 3.8) is 0 Å². The molecule has 2 unspecified atom stereocenters. The van der Waals surface area contributed by atoms with Crippen molar-refractivity contribution in [2.75, 3.05) is 19.0 Å². The Balaban J connectivity index is 2.28. The Morgan fingerprint density at radius 3 is 2.75 bits per heavy atom. The highest BCUT2D eigenvalue weighted by Gasteiger charge is 2.23. The number of fused-ring (bicyclic) bond motifs is 1. The van der Waals surface area contributed by atoms with Gasteiger partial charge < -0.3 is 10.2 Å². The van der Waals surface area contributed by atoms with Crippen LogP contribution in [0.5, 0.6) is 0 Å². The molecule has 1 aromatic rings. The molecule has 3 heteroatoms. The molecule has 3 nitrogen and oxygen atoms in total. The predicted octanol–water partition coefficient (Wildman–Crippen LogP) is 3.29. The van der Waals surface area contributed by atoms with Gasteiger partial charge in [0, 0.05) is 25.2 Å². The summed E-state index contributed by atoms with van der Waals surface area (Å²) in [4.78, 5) is 13.5. The lowest BCUT2D eigenvalue weighted by atomic mass is 9.88. The average Bonchev–Trinajstić information content (AvgIpc) is 2.44. The summed E-state index contributed by atoms with van der Waals surface area (Å²) in [5.74, 6) is 0.834. The first kappa shape index (κ1) is 15.0. The van der Waals surface area contributed by atoms with Crippen LogP contribution in [0.25, 0.3) is 0 Å². The summed E-state index contributed by atoms with van der Waals surface area (Å²) < 4.78 is 0. The molecule has 1 aromatic carbocycles. The van der Waals surface area contributed by atoms with E-state index in [2.05, 4.69) is 37.4 Å². The van der Waals surface area contributed by atoms with Gasteiger partial charge in [-0.25, -0.2) is 0 Å². The van der Waals surface area contributed by atoms with E-state index in [-0.39, 0.29) is 5.91 Å². The van der Waals surface area contributed by atoms with Gasteiger partial charge in [0.25, 0.3) is 0 Å². The van der Waals surface area contributed by atoms with Crippen LogP contribution in [0.15, 0.2) is 18.2 Å². The SMILES string of the molecule is CCCC(C)C(NC)c1ccc2c(c1)CCC(=O)N2C. The molecule has 1 N–H and O–H groups in total. The second kappa shape index (κ2) is 6.40. The molecular formula is C17H26N2O. The minimum absolute atomic E-state index is 0.217. The second-order valence-corrected chi connectivity index (χ2v) is 5.87. The molecule has 0 aliphatic carbocycles. The monoisotopic (exact) mass is 274 g/mol. The molecule has 0 fully saturated rings. The molecule has 1 heterocycles. The summed E-state index contributed by atoms with van der Waals surface area (Å²) in [6, 6.07) is 6.95. The van der Waals surface area contributed by atoms with Crippen LogP contribution in [0.1, 0.15) is 50.3 Å². The number of benzene rings is 1. The van der Waals surface area contributed by atoms with E-state index in [9.17, 15) is 4.79 Å². The zero-order valence-electron chi connectivity index (χ0n) is 13.1. The van der Waals surface area contributed by atoms with Crippen LogP contribution in [0.2, 0.25) is 0 Å². The molecule has 110 valence electrons. The lowest BCUT2D eigenvalue weighted by Gasteiger charge is -2.29. The first-order valence-electron chi connectivity index (χ1n) is 7.65. The number of carbonyl (C=O) groups excluding carboxylic acids is 1. The number of rotatable bonds is 5. The number of carbonyl (C=O) groups is 1. The molecular weight excluding hydrogens is 248 g/mol. The molecule has 0 saturated heterocycles. The number of nitrogens with zero attached hydrogens (tertiary/aromatic N) is 1. The van der Waals surface area contributed by atoms with Crippen LogP contribution < -0.4 is 10.2 Å². The standard InChI is InChI=1S/C17H26N2O/c1-5-6-12(2)17(18-3)14-7-9-15-13(11-14)8-10-16(20)19(15)4/h7,9,11-12,17-18H,5-6,8,10H2,1-4H3. The van der Waals surface area contributed by atoms with Gasteiger partial charge in [-0.3, -0.25) is 4.79 Å². The van der Waals surface area contributed by atoms with Gasteiger partial charge in [-0.2, -0.15) is 0 Å². The van der Waals surface area contributed by atoms with Crippen molar-refractivity contribution < 1.29 is 4.79 Å². The average molecular weight is 274 g/mol. The summed E-state index contributed by atoms with van der Waals surface area (Å²) in [6.07, 6.45) is 3.93. The number of hydrogen-bond donors (Lipinski definition) is 1. The molecule has 2 rings (SSSR count). The van der Waals surface area contributed by atoms with Crippen LogP contribution in [0, 0.1) is 5.92 Å². The summed E-state index contributed by atoms with van der Waals surface area (Å²) in [5.41, 5.74) is 3.71. The lowest BCUT2D eigenvalue weighted by molar-refractivity contribution is -0.118. The smallest absolute Gasteiger partial charge is 0.227 e. The molecule has 0 aromatic heterocycles. The number of nitrogens with one attached hydrogen (secondary N) is 1. The maximum atomic E-state index is 11.7. The van der Waals surface area contributed by atoms with Crippen LogP contribution in [-0.4, -0.2) is 20.0 Å². The first-order valence-corrected chi connectivity index (χ1v) is 7.65. The third-order valence-electron chi connectivity index (χ3n) is 4.43. The van der Waals surface area contributed by atoms with Gasteiger partial charge >= 0.3 is 0 Å². The Morgan fingerprint density at radius 1 is 1.35 bits per heavy atom. The van der Waals surface area contributed by atoms with E-state index in [1.807, 2.05) is 14.1 Å². The minimum Gasteiger partial charge on any atom is -0.315 e. The Hall–Kier alpha value is -1.35. The second-order valence-electron chi connectivity index (χ2n) is 5.87. The van der Waals surface area contributed by atoms with Gasteiger partial charge in [-0.05, 0) is 43.0 Å². The Morgan fingerprint density at radius 2 is 2.10 bits per heavy atom. The van der Waals surface area contributed by atoms with Crippen LogP contribution >= 0.6 is 0 Å². The minimum atomic E-state index is 0.217. The fraction of sp³-hybridized carbons (Fsp3) is 0.588. The molecule has 2 atom stereocenters. The van der Waals surface area contributed by atoms with Gasteiger partial charge in [0.2, 0.25) is 5.91 Å². The maximum absolute atomic E-state index is 11.7. The summed E-state index contributed by atoms with van der Waals surface area (Å²) in [6.45, 7) is 4.54. The van der Waals surface area contributed by atoms with Crippen molar-refractivity contribution in [1.82, 2.24) is 5.32 Å². The van der Waals surface area contributed by atoms with Crippen molar-refractivity contribution >= 4 is 11.6 Å². The largest absolute Gasteiger partial charge is 0.315 e. The first-order chi connectivity index (χ1) is 9.58. The van der Waals surface area contributed by atoms with Crippen LogP contribution in [-0.2, 0) is 11.2 Å². The van der Waals surface area contributed by atoms with Crippen molar-refractivity contribution in [3.05, 3.63) is 29.3 Å². The third-order valence-corrected chi connectivity index (χ3v) is 4.43. The van der Waals surface area contributed by atoms with Gasteiger partial charge in [-0.15, -0.1) is 0 Å². The Kier molecular flexibility index (Phi) is 4.81. The zero-order valence-corrected chi connectivity index (χ0v) is 13.1. The predicted molar refractivity (Wildman–Crippen MR) is 84.0 cm³/mol. The van der Waals surface area contributed by atoms with E-state index in [0.29, 0.717) is 18.4 Å². The van der Waals surface area contributed by atoms with Crippen molar-refractivity contribution in [1.29, 1.82) is 0 Å². The molecule has 20 heavy (non-hydrogen) atoms. The fourth-order valence-electron chi connectivity index (χ4n) is 3.27. The highest BCUT2D eigenvalue weighted by atomic mass is 16.2. The summed E-state index contributed by atoms with van der Waals surface area (Å²) in [7, 11) is 3.90. The van der Waals surface area contributed by atoms with E-state index in [1.165, 1.54) is 24.0 Å². The van der Waals surface area contributed by atoms with Crippen molar-refractivity contribution in [2.24, 2.45) is 5.92 Å². The summed E-state index contributed by atoms with van der Waals surface area (Å²) in [5, 5.41) is 3.45. The van der Waals surface area contributed by atoms with E-state index >= 15 is 0 Å². The molecule has 0 bridgehead atoms. The van der Waals surface area contributed by atoms with Gasteiger partial charge in [0.05, 0.1) is 0 Å². The van der Waals surface area contributed by atoms with Gasteiger partial charge in [0.1, 0.15) is 0 Å². The van der Waals surface area contributed by atoms with E-state index in [0.717, 1.165) is 12.1 Å². The Bertz CT molecular complexity index is 484. The maximum Gasteiger partial charge on any atom is 0.227 e. The third kappa shape index (κ3) is 2.88. The molecule has 0 spiro atoms. The topological polar surface area (TPSA) is 32.3 Å². The van der Waals surface area contributed by atoms with Crippen molar-refractivity contribution in [3.8, 4) is 0 Å². The molecule has 0 radical (unpaired) electrons. The fourth-order valence-corrected chi connectivity index (χ4v) is 3.27. The normalized spacial score (nSPS) is 17.8. The molecule has 1 aliphatic rings. The quantitative estimate of drug-likeness (QED) is 0.893. The van der Waals surface area contributed by atoms with Crippen LogP contribution in [0.3, 0.4) is 0 Å². The highest BCUT2D eigenvalue weighted by Crippen LogP contribution is 2.32. The van der Waals surface area contributed by atoms with Crippen molar-refractivity contribution in [2.45, 2.75) is 45.6 Å². The van der Waals surface area contributed by atoms with Gasteiger partial charge in [0.15, 0.2) is 0 Å². The molecule has 0 saturated carbocycles. The van der Waals surface area contributed by atoms with Crippen LogP contribution in [0.4, 0.5) is 5.69 Å². The van der Waals surface area contributed by atoms with E-state index in [4.69, 9.17) is 0 Å².